The third-order valence-electron chi connectivity index (χ3n) is 7.31. The minimum atomic E-state index is -1.47. The fourth-order valence-electron chi connectivity index (χ4n) is 4.81. The number of nitrogens with zero attached hydrogens (tertiary/aromatic N) is 1. The van der Waals surface area contributed by atoms with Crippen molar-refractivity contribution < 1.29 is 29.9 Å². The van der Waals surface area contributed by atoms with Gasteiger partial charge in [-0.2, -0.15) is 5.26 Å². The van der Waals surface area contributed by atoms with Gasteiger partial charge in [-0.25, -0.2) is 0 Å². The van der Waals surface area contributed by atoms with Gasteiger partial charge >= 0.3 is 0 Å². The molecule has 2 saturated carbocycles. The third kappa shape index (κ3) is 4.57. The number of aliphatic hydroxyl groups is 4. The van der Waals surface area contributed by atoms with Crippen LogP contribution in [0.2, 0.25) is 0 Å². The van der Waals surface area contributed by atoms with Gasteiger partial charge in [-0.05, 0) is 72.8 Å². The SMILES string of the molecule is N#Cc1c(Cc2ccc(C3CC3)cc2)cc([C@@H]2O[C@H](CO)[C@@H](O)[C@H](O)[C@H]2O)cc1OC1CCC1. The zero-order chi connectivity index (χ0) is 23.8. The lowest BCUT2D eigenvalue weighted by Crippen LogP contribution is -2.55. The quantitative estimate of drug-likeness (QED) is 0.495. The van der Waals surface area contributed by atoms with Gasteiger partial charge in [-0.15, -0.1) is 0 Å². The lowest BCUT2D eigenvalue weighted by Gasteiger charge is -2.40. The molecule has 0 aromatic heterocycles. The van der Waals surface area contributed by atoms with Crippen LogP contribution in [0, 0.1) is 11.3 Å². The van der Waals surface area contributed by atoms with Crippen LogP contribution >= 0.6 is 0 Å². The van der Waals surface area contributed by atoms with E-state index in [0.717, 1.165) is 30.4 Å². The van der Waals surface area contributed by atoms with Gasteiger partial charge in [0, 0.05) is 0 Å². The summed E-state index contributed by atoms with van der Waals surface area (Å²) in [5.74, 6) is 1.10. The molecule has 34 heavy (non-hydrogen) atoms. The maximum Gasteiger partial charge on any atom is 0.138 e. The Labute approximate surface area is 199 Å². The molecule has 0 bridgehead atoms. The van der Waals surface area contributed by atoms with E-state index in [9.17, 15) is 25.7 Å². The smallest absolute Gasteiger partial charge is 0.138 e. The van der Waals surface area contributed by atoms with E-state index in [0.29, 0.717) is 29.2 Å². The van der Waals surface area contributed by atoms with Gasteiger partial charge in [-0.1, -0.05) is 30.3 Å². The lowest BCUT2D eigenvalue weighted by atomic mass is 9.88. The van der Waals surface area contributed by atoms with Crippen molar-refractivity contribution >= 4 is 0 Å². The first-order chi connectivity index (χ1) is 16.5. The van der Waals surface area contributed by atoms with Crippen molar-refractivity contribution in [3.05, 3.63) is 64.2 Å². The average molecular weight is 466 g/mol. The molecule has 3 fully saturated rings. The van der Waals surface area contributed by atoms with Crippen LogP contribution in [0.1, 0.15) is 71.9 Å². The number of hydrogen-bond donors (Lipinski definition) is 4. The number of aliphatic hydroxyl groups excluding tert-OH is 4. The van der Waals surface area contributed by atoms with Crippen molar-refractivity contribution in [1.82, 2.24) is 0 Å². The molecule has 2 aliphatic carbocycles. The molecular weight excluding hydrogens is 434 g/mol. The second kappa shape index (κ2) is 9.65. The summed E-state index contributed by atoms with van der Waals surface area (Å²) in [6, 6.07) is 14.2. The molecule has 1 saturated heterocycles. The second-order valence-electron chi connectivity index (χ2n) is 9.78. The maximum atomic E-state index is 10.7. The van der Waals surface area contributed by atoms with Crippen molar-refractivity contribution in [1.29, 1.82) is 5.26 Å². The van der Waals surface area contributed by atoms with Gasteiger partial charge in [0.15, 0.2) is 0 Å². The highest BCUT2D eigenvalue weighted by Gasteiger charge is 2.44. The predicted molar refractivity (Wildman–Crippen MR) is 123 cm³/mol. The summed E-state index contributed by atoms with van der Waals surface area (Å²) in [5, 5.41) is 50.7. The number of hydrogen-bond acceptors (Lipinski definition) is 7. The standard InChI is InChI=1S/C27H31NO6/c28-13-21-18(10-15-4-6-16(7-5-15)17-8-9-17)11-19(12-22(21)33-20-2-1-3-20)27-26(32)25(31)24(30)23(14-29)34-27/h4-7,11-12,17,20,23-27,29-32H,1-3,8-10,14H2/t23-,24-,25+,26-,27+/m1/s1. The summed E-state index contributed by atoms with van der Waals surface area (Å²) in [4.78, 5) is 0. The van der Waals surface area contributed by atoms with Crippen LogP contribution in [0.25, 0.3) is 0 Å². The maximum absolute atomic E-state index is 10.7. The van der Waals surface area contributed by atoms with Crippen LogP contribution in [0.3, 0.4) is 0 Å². The van der Waals surface area contributed by atoms with Crippen molar-refractivity contribution in [2.24, 2.45) is 0 Å². The van der Waals surface area contributed by atoms with Gasteiger partial charge in [0.05, 0.1) is 18.3 Å². The summed E-state index contributed by atoms with van der Waals surface area (Å²) in [7, 11) is 0. The van der Waals surface area contributed by atoms with Crippen LogP contribution in [0.15, 0.2) is 36.4 Å². The molecule has 5 rings (SSSR count). The molecule has 0 radical (unpaired) electrons. The zero-order valence-electron chi connectivity index (χ0n) is 19.0. The molecular formula is C27H31NO6. The lowest BCUT2D eigenvalue weighted by molar-refractivity contribution is -0.231. The molecule has 7 heteroatoms. The Balaban J connectivity index is 1.50. The molecule has 180 valence electrons. The Hall–Kier alpha value is -2.47. The highest BCUT2D eigenvalue weighted by Crippen LogP contribution is 2.41. The van der Waals surface area contributed by atoms with Crippen molar-refractivity contribution in [2.75, 3.05) is 6.61 Å². The highest BCUT2D eigenvalue weighted by molar-refractivity contribution is 5.53. The summed E-state index contributed by atoms with van der Waals surface area (Å²) < 4.78 is 12.0. The minimum absolute atomic E-state index is 0.0443. The number of benzene rings is 2. The molecule has 4 N–H and O–H groups in total. The molecule has 1 aliphatic heterocycles. The molecule has 3 aliphatic rings. The Morgan fingerprint density at radius 2 is 1.68 bits per heavy atom. The topological polar surface area (TPSA) is 123 Å². The highest BCUT2D eigenvalue weighted by atomic mass is 16.5. The fourth-order valence-corrected chi connectivity index (χ4v) is 4.81. The third-order valence-corrected chi connectivity index (χ3v) is 7.31. The van der Waals surface area contributed by atoms with Crippen LogP contribution < -0.4 is 4.74 Å². The largest absolute Gasteiger partial charge is 0.489 e. The molecule has 5 atom stereocenters. The predicted octanol–water partition coefficient (Wildman–Crippen LogP) is 2.47. The zero-order valence-corrected chi connectivity index (χ0v) is 19.0. The van der Waals surface area contributed by atoms with Crippen LogP contribution in [0.4, 0.5) is 0 Å². The Bertz CT molecular complexity index is 1050. The second-order valence-corrected chi connectivity index (χ2v) is 9.78. The molecule has 0 unspecified atom stereocenters. The Morgan fingerprint density at radius 3 is 2.26 bits per heavy atom. The summed E-state index contributed by atoms with van der Waals surface area (Å²) >= 11 is 0. The number of nitriles is 1. The van der Waals surface area contributed by atoms with Gasteiger partial charge < -0.3 is 29.9 Å². The summed E-state index contributed by atoms with van der Waals surface area (Å²) in [6.45, 7) is -0.497. The van der Waals surface area contributed by atoms with Gasteiger partial charge in [0.2, 0.25) is 0 Å². The normalized spacial score (nSPS) is 29.3. The van der Waals surface area contributed by atoms with Crippen LogP contribution in [0.5, 0.6) is 5.75 Å². The van der Waals surface area contributed by atoms with Crippen molar-refractivity contribution in [2.45, 2.75) is 81.1 Å². The average Bonchev–Trinajstić information content (AvgIpc) is 3.66. The summed E-state index contributed by atoms with van der Waals surface area (Å²) in [5.41, 5.74) is 4.13. The Morgan fingerprint density at radius 1 is 0.941 bits per heavy atom. The summed E-state index contributed by atoms with van der Waals surface area (Å²) in [6.07, 6.45) is -0.334. The molecule has 1 heterocycles. The van der Waals surface area contributed by atoms with E-state index >= 15 is 0 Å². The van der Waals surface area contributed by atoms with E-state index in [-0.39, 0.29) is 6.10 Å². The first kappa shape index (κ1) is 23.3. The Kier molecular flexibility index (Phi) is 6.61. The minimum Gasteiger partial charge on any atom is -0.489 e. The van der Waals surface area contributed by atoms with E-state index < -0.39 is 37.1 Å². The van der Waals surface area contributed by atoms with E-state index in [4.69, 9.17) is 9.47 Å². The molecule has 0 amide bonds. The molecule has 2 aromatic carbocycles. The number of rotatable bonds is 7. The molecule has 2 aromatic rings. The van der Waals surface area contributed by atoms with E-state index in [1.807, 2.05) is 0 Å². The van der Waals surface area contributed by atoms with Crippen LogP contribution in [-0.4, -0.2) is 57.6 Å². The monoisotopic (exact) mass is 465 g/mol. The van der Waals surface area contributed by atoms with E-state index in [1.165, 1.54) is 18.4 Å². The number of ether oxygens (including phenoxy) is 2. The van der Waals surface area contributed by atoms with Crippen molar-refractivity contribution in [3.8, 4) is 11.8 Å². The van der Waals surface area contributed by atoms with E-state index in [1.54, 1.807) is 12.1 Å². The van der Waals surface area contributed by atoms with Crippen LogP contribution in [-0.2, 0) is 11.2 Å². The first-order valence-corrected chi connectivity index (χ1v) is 12.1. The fraction of sp³-hybridized carbons (Fsp3) is 0.519. The van der Waals surface area contributed by atoms with Gasteiger partial charge in [0.25, 0.3) is 0 Å². The van der Waals surface area contributed by atoms with Gasteiger partial charge in [0.1, 0.15) is 42.3 Å². The molecule has 0 spiro atoms. The van der Waals surface area contributed by atoms with E-state index in [2.05, 4.69) is 30.3 Å². The molecule has 7 nitrogen and oxygen atoms in total. The first-order valence-electron chi connectivity index (χ1n) is 12.1. The van der Waals surface area contributed by atoms with Gasteiger partial charge in [-0.3, -0.25) is 0 Å². The van der Waals surface area contributed by atoms with Crippen molar-refractivity contribution in [3.63, 3.8) is 0 Å².